The Kier molecular flexibility index (Phi) is 7.47. The molecule has 3 aromatic heterocycles. The highest BCUT2D eigenvalue weighted by molar-refractivity contribution is 6.22. The number of carbonyl (C=O) groups excluding carboxylic acids is 2. The van der Waals surface area contributed by atoms with E-state index in [-0.39, 0.29) is 24.8 Å². The van der Waals surface area contributed by atoms with E-state index < -0.39 is 0 Å². The number of rotatable bonds is 6. The summed E-state index contributed by atoms with van der Waals surface area (Å²) in [6, 6.07) is 32.4. The summed E-state index contributed by atoms with van der Waals surface area (Å²) in [5, 5.41) is 2.42. The molecule has 0 spiro atoms. The zero-order valence-corrected chi connectivity index (χ0v) is 29.6. The molecule has 52 heavy (non-hydrogen) atoms. The van der Waals surface area contributed by atoms with E-state index in [1.165, 1.54) is 36.1 Å². The fourth-order valence-corrected chi connectivity index (χ4v) is 8.34. The van der Waals surface area contributed by atoms with Crippen molar-refractivity contribution in [3.63, 3.8) is 0 Å². The van der Waals surface area contributed by atoms with Gasteiger partial charge in [-0.2, -0.15) is 0 Å². The maximum atomic E-state index is 12.4. The van der Waals surface area contributed by atoms with Gasteiger partial charge in [-0.25, -0.2) is 4.98 Å². The van der Waals surface area contributed by atoms with Crippen molar-refractivity contribution in [3.05, 3.63) is 114 Å². The average Bonchev–Trinajstić information content (AvgIpc) is 3.93. The van der Waals surface area contributed by atoms with Crippen molar-refractivity contribution in [1.29, 1.82) is 0 Å². The zero-order chi connectivity index (χ0) is 35.7. The number of H-pyrrole nitrogens is 2. The first-order valence-electron chi connectivity index (χ1n) is 17.7. The molecule has 6 aromatic rings. The smallest absolute Gasteiger partial charge is 0.305 e. The van der Waals surface area contributed by atoms with Crippen molar-refractivity contribution in [2.75, 3.05) is 14.2 Å². The van der Waals surface area contributed by atoms with E-state index in [9.17, 15) is 9.59 Å². The fourth-order valence-electron chi connectivity index (χ4n) is 8.34. The SMILES string of the molecule is COC(=O)CCC1=C(C)c2cc3cc(cc4[nH]c(cc5[nH]c(cc1n2)c1c5-c2cccc5cccc-1c25)c(CCC(=O)OC)c4C)-c1ccccc1-3. The molecule has 0 unspecified atom stereocenters. The third-order valence-corrected chi connectivity index (χ3v) is 11.0. The molecule has 0 saturated carbocycles. The Morgan fingerprint density at radius 2 is 1.21 bits per heavy atom. The van der Waals surface area contributed by atoms with Crippen molar-refractivity contribution >= 4 is 55.9 Å². The molecule has 0 amide bonds. The van der Waals surface area contributed by atoms with E-state index in [1.54, 1.807) is 0 Å². The zero-order valence-electron chi connectivity index (χ0n) is 29.6. The van der Waals surface area contributed by atoms with Crippen LogP contribution >= 0.6 is 0 Å². The maximum absolute atomic E-state index is 12.4. The number of aromatic amines is 2. The maximum Gasteiger partial charge on any atom is 0.305 e. The van der Waals surface area contributed by atoms with Gasteiger partial charge in [-0.3, -0.25) is 9.59 Å². The van der Waals surface area contributed by atoms with Crippen molar-refractivity contribution in [3.8, 4) is 44.5 Å². The van der Waals surface area contributed by atoms with Gasteiger partial charge in [0, 0.05) is 46.0 Å². The highest BCUT2D eigenvalue weighted by atomic mass is 16.5. The Morgan fingerprint density at radius 1 is 0.615 bits per heavy atom. The van der Waals surface area contributed by atoms with E-state index >= 15 is 0 Å². The van der Waals surface area contributed by atoms with Crippen LogP contribution in [0.15, 0.2) is 91.0 Å². The normalized spacial score (nSPS) is 12.6. The number of nitrogens with zero attached hydrogens (tertiary/aromatic N) is 1. The Morgan fingerprint density at radius 3 is 1.88 bits per heavy atom. The van der Waals surface area contributed by atoms with E-state index in [0.717, 1.165) is 89.1 Å². The van der Waals surface area contributed by atoms with Gasteiger partial charge in [0.25, 0.3) is 0 Å². The molecule has 0 fully saturated rings. The molecule has 8 bridgehead atoms. The Bertz CT molecular complexity index is 2720. The van der Waals surface area contributed by atoms with Crippen molar-refractivity contribution in [2.24, 2.45) is 0 Å². The molecular weight excluding hydrogens is 647 g/mol. The first-order valence-corrected chi connectivity index (χ1v) is 17.7. The van der Waals surface area contributed by atoms with Crippen LogP contribution in [-0.4, -0.2) is 41.1 Å². The number of allylic oxidation sites excluding steroid dienone is 2. The molecule has 7 nitrogen and oxygen atoms in total. The lowest BCUT2D eigenvalue weighted by molar-refractivity contribution is -0.141. The number of hydrogen-bond donors (Lipinski definition) is 2. The summed E-state index contributed by atoms with van der Waals surface area (Å²) >= 11 is 0. The second kappa shape index (κ2) is 12.2. The van der Waals surface area contributed by atoms with Crippen LogP contribution in [0.3, 0.4) is 0 Å². The summed E-state index contributed by atoms with van der Waals surface area (Å²) in [5.41, 5.74) is 18.9. The van der Waals surface area contributed by atoms with Crippen LogP contribution in [0.25, 0.3) is 88.5 Å². The lowest BCUT2D eigenvalue weighted by Crippen LogP contribution is -2.02. The third-order valence-electron chi connectivity index (χ3n) is 11.0. The van der Waals surface area contributed by atoms with Crippen LogP contribution in [-0.2, 0) is 25.5 Å². The third kappa shape index (κ3) is 4.99. The number of nitrogens with one attached hydrogen (secondary N) is 2. The number of hydrogen-bond acceptors (Lipinski definition) is 5. The van der Waals surface area contributed by atoms with E-state index in [2.05, 4.69) is 115 Å². The number of esters is 2. The lowest BCUT2D eigenvalue weighted by atomic mass is 9.99. The highest BCUT2D eigenvalue weighted by Gasteiger charge is 2.27. The van der Waals surface area contributed by atoms with Gasteiger partial charge in [-0.05, 0) is 123 Å². The van der Waals surface area contributed by atoms with Gasteiger partial charge in [0.2, 0.25) is 0 Å². The van der Waals surface area contributed by atoms with Gasteiger partial charge < -0.3 is 19.4 Å². The Labute approximate surface area is 301 Å². The number of aromatic nitrogens is 3. The Balaban J connectivity index is 1.42. The quantitative estimate of drug-likeness (QED) is 0.170. The molecule has 1 aliphatic heterocycles. The summed E-state index contributed by atoms with van der Waals surface area (Å²) in [7, 11) is 2.87. The van der Waals surface area contributed by atoms with Crippen molar-refractivity contribution in [2.45, 2.75) is 39.5 Å². The van der Waals surface area contributed by atoms with Crippen LogP contribution < -0.4 is 0 Å². The first kappa shape index (κ1) is 31.7. The van der Waals surface area contributed by atoms with Gasteiger partial charge in [0.05, 0.1) is 25.6 Å². The monoisotopic (exact) mass is 683 g/mol. The molecular formula is C45H37N3O4. The number of carbonyl (C=O) groups is 2. The van der Waals surface area contributed by atoms with E-state index in [4.69, 9.17) is 14.5 Å². The van der Waals surface area contributed by atoms with Crippen LogP contribution in [0.5, 0.6) is 0 Å². The van der Waals surface area contributed by atoms with E-state index in [1.807, 2.05) is 0 Å². The summed E-state index contributed by atoms with van der Waals surface area (Å²) in [6.07, 6.45) is 1.59. The number of methoxy groups -OCH3 is 2. The summed E-state index contributed by atoms with van der Waals surface area (Å²) in [6.45, 7) is 4.23. The molecule has 9 rings (SSSR count). The number of benzene rings is 3. The second-order valence-corrected chi connectivity index (χ2v) is 13.8. The van der Waals surface area contributed by atoms with Crippen LogP contribution in [0.2, 0.25) is 0 Å². The predicted octanol–water partition coefficient (Wildman–Crippen LogP) is 10.4. The second-order valence-electron chi connectivity index (χ2n) is 13.8. The Hall–Kier alpha value is -6.21. The molecule has 7 heteroatoms. The summed E-state index contributed by atoms with van der Waals surface area (Å²) in [5.74, 6) is -0.488. The molecule has 2 N–H and O–H groups in total. The topological polar surface area (TPSA) is 97.1 Å². The van der Waals surface area contributed by atoms with Crippen LogP contribution in [0.1, 0.15) is 48.7 Å². The predicted molar refractivity (Wildman–Crippen MR) is 208 cm³/mol. The summed E-state index contributed by atoms with van der Waals surface area (Å²) in [4.78, 5) is 37.7. The van der Waals surface area contributed by atoms with Gasteiger partial charge in [0.1, 0.15) is 0 Å². The molecule has 3 aromatic carbocycles. The largest absolute Gasteiger partial charge is 0.469 e. The van der Waals surface area contributed by atoms with Gasteiger partial charge in [-0.15, -0.1) is 0 Å². The minimum atomic E-state index is -0.249. The average molecular weight is 684 g/mol. The standard InChI is InChI=1S/C45H37N3O4/c1-24-29(15-17-41(49)51-3)37-22-39-44-33-13-7-9-26-10-8-14-34(43(26)33)45(44)40(48-39)23-38-30(16-18-42(50)52-4)25(2)36(47-38)21-28-19-27(20-35(24)46-37)31-11-5-6-12-32(28)31/h5-14,19-23,46,48H,15-18H2,1-4H3. The first-order chi connectivity index (χ1) is 25.3. The molecule has 3 aliphatic rings. The number of ether oxygens (including phenoxy) is 2. The molecule has 0 saturated heterocycles. The van der Waals surface area contributed by atoms with Gasteiger partial charge in [0.15, 0.2) is 0 Å². The molecule has 0 atom stereocenters. The molecule has 2 aliphatic carbocycles. The van der Waals surface area contributed by atoms with Crippen LogP contribution in [0, 0.1) is 6.92 Å². The van der Waals surface area contributed by atoms with Crippen molar-refractivity contribution in [1.82, 2.24) is 15.0 Å². The van der Waals surface area contributed by atoms with Crippen LogP contribution in [0.4, 0.5) is 0 Å². The van der Waals surface area contributed by atoms with Crippen molar-refractivity contribution < 1.29 is 19.1 Å². The highest BCUT2D eigenvalue weighted by Crippen LogP contribution is 2.51. The lowest BCUT2D eigenvalue weighted by Gasteiger charge is -2.05. The minimum Gasteiger partial charge on any atom is -0.469 e. The molecule has 4 heterocycles. The minimum absolute atomic E-state index is 0.239. The fraction of sp³-hybridized carbons (Fsp3) is 0.178. The van der Waals surface area contributed by atoms with Gasteiger partial charge >= 0.3 is 11.9 Å². The van der Waals surface area contributed by atoms with E-state index in [0.29, 0.717) is 12.8 Å². The van der Waals surface area contributed by atoms with Gasteiger partial charge in [-0.1, -0.05) is 60.7 Å². The molecule has 0 radical (unpaired) electrons. The number of fused-ring (bicyclic) bond motifs is 16. The summed E-state index contributed by atoms with van der Waals surface area (Å²) < 4.78 is 10.1. The molecule has 256 valence electrons. The number of aryl methyl sites for hydroxylation is 2.